The van der Waals surface area contributed by atoms with Crippen LogP contribution in [0.5, 0.6) is 0 Å². The van der Waals surface area contributed by atoms with Crippen molar-refractivity contribution in [1.29, 1.82) is 0 Å². The normalized spacial score (nSPS) is 11.2. The summed E-state index contributed by atoms with van der Waals surface area (Å²) in [5.74, 6) is 0.212. The molecule has 1 heterocycles. The van der Waals surface area contributed by atoms with E-state index in [-0.39, 0.29) is 11.7 Å². The quantitative estimate of drug-likeness (QED) is 0.743. The van der Waals surface area contributed by atoms with Gasteiger partial charge in [0.2, 0.25) is 0 Å². The first-order valence-electron chi connectivity index (χ1n) is 5.22. The molecular formula is C13H15NO. The lowest BCUT2D eigenvalue weighted by atomic mass is 10.1. The van der Waals surface area contributed by atoms with Crippen molar-refractivity contribution in [2.24, 2.45) is 5.92 Å². The second-order valence-electron chi connectivity index (χ2n) is 4.24. The predicted octanol–water partition coefficient (Wildman–Crippen LogP) is 3.32. The van der Waals surface area contributed by atoms with E-state index >= 15 is 0 Å². The number of Topliss-reactive ketones (excluding diaryl/α,β-unsaturated/α-hetero) is 1. The highest BCUT2D eigenvalue weighted by molar-refractivity contribution is 6.00. The standard InChI is InChI=1S/C13H15NO/c1-8(2)13(15)11-7-10-6-4-5-9(3)12(10)14-11/h4-8,14H,1-3H3. The molecule has 0 atom stereocenters. The molecule has 0 saturated carbocycles. The van der Waals surface area contributed by atoms with Crippen LogP contribution >= 0.6 is 0 Å². The van der Waals surface area contributed by atoms with Gasteiger partial charge in [-0.2, -0.15) is 0 Å². The number of H-pyrrole nitrogens is 1. The third-order valence-corrected chi connectivity index (χ3v) is 2.65. The zero-order chi connectivity index (χ0) is 11.0. The molecule has 0 fully saturated rings. The number of aromatic nitrogens is 1. The van der Waals surface area contributed by atoms with Gasteiger partial charge in [0.1, 0.15) is 0 Å². The van der Waals surface area contributed by atoms with E-state index in [1.165, 1.54) is 5.56 Å². The Hall–Kier alpha value is -1.57. The molecule has 0 aliphatic rings. The van der Waals surface area contributed by atoms with Crippen molar-refractivity contribution < 1.29 is 4.79 Å². The van der Waals surface area contributed by atoms with Gasteiger partial charge in [0.25, 0.3) is 0 Å². The molecule has 2 aromatic rings. The maximum atomic E-state index is 11.8. The van der Waals surface area contributed by atoms with E-state index in [0.717, 1.165) is 10.9 Å². The Morgan fingerprint density at radius 2 is 2.07 bits per heavy atom. The van der Waals surface area contributed by atoms with Gasteiger partial charge in [-0.05, 0) is 18.6 Å². The van der Waals surface area contributed by atoms with E-state index in [1.807, 2.05) is 45.0 Å². The van der Waals surface area contributed by atoms with Crippen LogP contribution in [-0.2, 0) is 0 Å². The Morgan fingerprint density at radius 1 is 1.33 bits per heavy atom. The smallest absolute Gasteiger partial charge is 0.181 e. The Morgan fingerprint density at radius 3 is 2.67 bits per heavy atom. The minimum atomic E-state index is 0.0402. The number of rotatable bonds is 2. The highest BCUT2D eigenvalue weighted by atomic mass is 16.1. The first-order chi connectivity index (χ1) is 7.09. The Labute approximate surface area is 89.3 Å². The molecule has 0 radical (unpaired) electrons. The average molecular weight is 201 g/mol. The lowest BCUT2D eigenvalue weighted by Crippen LogP contribution is -2.07. The number of hydrogen-bond donors (Lipinski definition) is 1. The zero-order valence-electron chi connectivity index (χ0n) is 9.29. The number of aromatic amines is 1. The molecule has 0 aliphatic carbocycles. The van der Waals surface area contributed by atoms with Crippen LogP contribution < -0.4 is 0 Å². The van der Waals surface area contributed by atoms with Crippen LogP contribution in [0.1, 0.15) is 29.9 Å². The van der Waals surface area contributed by atoms with Gasteiger partial charge in [-0.15, -0.1) is 0 Å². The highest BCUT2D eigenvalue weighted by Gasteiger charge is 2.13. The summed E-state index contributed by atoms with van der Waals surface area (Å²) >= 11 is 0. The molecule has 0 aliphatic heterocycles. The maximum absolute atomic E-state index is 11.8. The van der Waals surface area contributed by atoms with Crippen LogP contribution in [0.2, 0.25) is 0 Å². The fourth-order valence-electron chi connectivity index (χ4n) is 1.75. The number of benzene rings is 1. The van der Waals surface area contributed by atoms with Crippen LogP contribution in [0, 0.1) is 12.8 Å². The van der Waals surface area contributed by atoms with Gasteiger partial charge >= 0.3 is 0 Å². The van der Waals surface area contributed by atoms with E-state index in [2.05, 4.69) is 4.98 Å². The molecule has 1 aromatic carbocycles. The minimum absolute atomic E-state index is 0.0402. The summed E-state index contributed by atoms with van der Waals surface area (Å²) in [6.07, 6.45) is 0. The first kappa shape index (κ1) is 9.97. The summed E-state index contributed by atoms with van der Waals surface area (Å²) in [6, 6.07) is 8.01. The van der Waals surface area contributed by atoms with Crippen molar-refractivity contribution in [2.45, 2.75) is 20.8 Å². The molecule has 0 saturated heterocycles. The fraction of sp³-hybridized carbons (Fsp3) is 0.308. The monoisotopic (exact) mass is 201 g/mol. The number of aryl methyl sites for hydroxylation is 1. The minimum Gasteiger partial charge on any atom is -0.352 e. The van der Waals surface area contributed by atoms with E-state index in [0.29, 0.717) is 5.69 Å². The fourth-order valence-corrected chi connectivity index (χ4v) is 1.75. The third-order valence-electron chi connectivity index (χ3n) is 2.65. The molecule has 78 valence electrons. The number of para-hydroxylation sites is 1. The molecule has 2 nitrogen and oxygen atoms in total. The van der Waals surface area contributed by atoms with Gasteiger partial charge < -0.3 is 4.98 Å². The second kappa shape index (κ2) is 3.54. The number of hydrogen-bond acceptors (Lipinski definition) is 1. The summed E-state index contributed by atoms with van der Waals surface area (Å²) in [4.78, 5) is 15.0. The lowest BCUT2D eigenvalue weighted by molar-refractivity contribution is 0.0935. The summed E-state index contributed by atoms with van der Waals surface area (Å²) in [5.41, 5.74) is 2.96. The van der Waals surface area contributed by atoms with Crippen molar-refractivity contribution in [3.8, 4) is 0 Å². The van der Waals surface area contributed by atoms with Gasteiger partial charge in [-0.25, -0.2) is 0 Å². The van der Waals surface area contributed by atoms with Crippen LogP contribution in [0.4, 0.5) is 0 Å². The summed E-state index contributed by atoms with van der Waals surface area (Å²) in [7, 11) is 0. The maximum Gasteiger partial charge on any atom is 0.181 e. The summed E-state index contributed by atoms with van der Waals surface area (Å²) in [5, 5.41) is 1.11. The number of ketones is 1. The number of carbonyl (C=O) groups is 1. The lowest BCUT2D eigenvalue weighted by Gasteiger charge is -1.99. The highest BCUT2D eigenvalue weighted by Crippen LogP contribution is 2.20. The molecule has 2 heteroatoms. The van der Waals surface area contributed by atoms with Gasteiger partial charge in [0.15, 0.2) is 5.78 Å². The number of nitrogens with one attached hydrogen (secondary N) is 1. The predicted molar refractivity (Wildman–Crippen MR) is 62.2 cm³/mol. The molecule has 1 N–H and O–H groups in total. The SMILES string of the molecule is Cc1cccc2cc(C(=O)C(C)C)[nH]c12. The zero-order valence-corrected chi connectivity index (χ0v) is 9.29. The average Bonchev–Trinajstić information content (AvgIpc) is 2.61. The van der Waals surface area contributed by atoms with E-state index < -0.39 is 0 Å². The van der Waals surface area contributed by atoms with Crippen LogP contribution in [0.3, 0.4) is 0 Å². The van der Waals surface area contributed by atoms with Crippen LogP contribution in [-0.4, -0.2) is 10.8 Å². The molecule has 0 amide bonds. The van der Waals surface area contributed by atoms with Crippen LogP contribution in [0.15, 0.2) is 24.3 Å². The third kappa shape index (κ3) is 1.67. The van der Waals surface area contributed by atoms with Gasteiger partial charge in [-0.3, -0.25) is 4.79 Å². The van der Waals surface area contributed by atoms with E-state index in [4.69, 9.17) is 0 Å². The summed E-state index contributed by atoms with van der Waals surface area (Å²) < 4.78 is 0. The molecule has 2 rings (SSSR count). The van der Waals surface area contributed by atoms with Gasteiger partial charge in [-0.1, -0.05) is 32.0 Å². The molecule has 0 bridgehead atoms. The van der Waals surface area contributed by atoms with Crippen LogP contribution in [0.25, 0.3) is 10.9 Å². The van der Waals surface area contributed by atoms with Gasteiger partial charge in [0, 0.05) is 16.8 Å². The largest absolute Gasteiger partial charge is 0.352 e. The Bertz CT molecular complexity index is 508. The number of carbonyl (C=O) groups excluding carboxylic acids is 1. The first-order valence-corrected chi connectivity index (χ1v) is 5.22. The molecular weight excluding hydrogens is 186 g/mol. The molecule has 15 heavy (non-hydrogen) atoms. The van der Waals surface area contributed by atoms with Crippen molar-refractivity contribution >= 4 is 16.7 Å². The molecule has 1 aromatic heterocycles. The number of fused-ring (bicyclic) bond motifs is 1. The Kier molecular flexibility index (Phi) is 2.35. The van der Waals surface area contributed by atoms with Gasteiger partial charge in [0.05, 0.1) is 5.69 Å². The Balaban J connectivity index is 2.57. The summed E-state index contributed by atoms with van der Waals surface area (Å²) in [6.45, 7) is 5.88. The molecule has 0 spiro atoms. The van der Waals surface area contributed by atoms with E-state index in [9.17, 15) is 4.79 Å². The van der Waals surface area contributed by atoms with Crippen molar-refractivity contribution in [2.75, 3.05) is 0 Å². The van der Waals surface area contributed by atoms with Crippen molar-refractivity contribution in [3.05, 3.63) is 35.5 Å². The topological polar surface area (TPSA) is 32.9 Å². The molecule has 0 unspecified atom stereocenters. The second-order valence-corrected chi connectivity index (χ2v) is 4.24. The van der Waals surface area contributed by atoms with Crippen molar-refractivity contribution in [3.63, 3.8) is 0 Å². The van der Waals surface area contributed by atoms with Crippen molar-refractivity contribution in [1.82, 2.24) is 4.98 Å². The van der Waals surface area contributed by atoms with E-state index in [1.54, 1.807) is 0 Å².